The largest absolute Gasteiger partial charge is 0.207 e. The average molecular weight is 380 g/mol. The third kappa shape index (κ3) is 4.09. The van der Waals surface area contributed by atoms with Crippen LogP contribution in [0, 0.1) is 12.7 Å². The van der Waals surface area contributed by atoms with Crippen molar-refractivity contribution in [2.24, 2.45) is 0 Å². The Labute approximate surface area is 164 Å². The maximum absolute atomic E-state index is 13.3. The van der Waals surface area contributed by atoms with Crippen molar-refractivity contribution < 1.29 is 4.39 Å². The van der Waals surface area contributed by atoms with Crippen molar-refractivity contribution in [3.05, 3.63) is 66.0 Å². The fourth-order valence-corrected chi connectivity index (χ4v) is 8.42. The van der Waals surface area contributed by atoms with Crippen molar-refractivity contribution in [2.75, 3.05) is 0 Å². The zero-order valence-electron chi connectivity index (χ0n) is 17.5. The monoisotopic (exact) mass is 380 g/mol. The van der Waals surface area contributed by atoms with Gasteiger partial charge in [-0.2, -0.15) is 0 Å². The molecule has 3 rings (SSSR count). The van der Waals surface area contributed by atoms with E-state index in [1.54, 1.807) is 0 Å². The fraction of sp³-hybridized carbons (Fsp3) is 0.360. The molecule has 27 heavy (non-hydrogen) atoms. The van der Waals surface area contributed by atoms with Crippen LogP contribution >= 0.6 is 7.92 Å². The molecule has 0 aliphatic heterocycles. The van der Waals surface area contributed by atoms with E-state index in [1.807, 2.05) is 12.1 Å². The molecule has 142 valence electrons. The normalized spacial score (nSPS) is 12.8. The Hall–Kier alpha value is -1.72. The van der Waals surface area contributed by atoms with Crippen LogP contribution in [0.1, 0.15) is 47.1 Å². The molecule has 0 aromatic heterocycles. The number of hydrogen-bond donors (Lipinski definition) is 0. The van der Waals surface area contributed by atoms with E-state index in [0.29, 0.717) is 0 Å². The summed E-state index contributed by atoms with van der Waals surface area (Å²) in [5, 5.41) is 4.54. The molecule has 0 nitrogen and oxygen atoms in total. The van der Waals surface area contributed by atoms with Gasteiger partial charge in [-0.05, 0) is 68.2 Å². The lowest BCUT2D eigenvalue weighted by Crippen LogP contribution is -2.32. The zero-order chi connectivity index (χ0) is 20.0. The smallest absolute Gasteiger partial charge is 0.123 e. The Morgan fingerprint density at radius 1 is 0.704 bits per heavy atom. The van der Waals surface area contributed by atoms with Gasteiger partial charge in [-0.1, -0.05) is 85.9 Å². The summed E-state index contributed by atoms with van der Waals surface area (Å²) in [7, 11) is -0.405. The molecule has 0 saturated carbocycles. The molecular weight excluding hydrogens is 350 g/mol. The Balaban J connectivity index is 2.30. The second-order valence-electron chi connectivity index (χ2n) is 9.35. The van der Waals surface area contributed by atoms with Crippen LogP contribution in [0.25, 0.3) is 21.9 Å². The molecule has 0 N–H and O–H groups in total. The molecule has 0 saturated heterocycles. The second kappa shape index (κ2) is 7.02. The van der Waals surface area contributed by atoms with Gasteiger partial charge in [0.1, 0.15) is 5.82 Å². The van der Waals surface area contributed by atoms with Crippen LogP contribution in [0.4, 0.5) is 4.39 Å². The topological polar surface area (TPSA) is 0 Å². The summed E-state index contributed by atoms with van der Waals surface area (Å²) in [4.78, 5) is 0. The molecule has 3 aromatic rings. The quantitative estimate of drug-likeness (QED) is 0.400. The van der Waals surface area contributed by atoms with Crippen molar-refractivity contribution in [2.45, 2.75) is 58.8 Å². The fourth-order valence-electron chi connectivity index (χ4n) is 4.21. The second-order valence-corrected chi connectivity index (χ2v) is 13.2. The van der Waals surface area contributed by atoms with E-state index < -0.39 is 7.92 Å². The number of benzene rings is 3. The Morgan fingerprint density at radius 2 is 1.22 bits per heavy atom. The summed E-state index contributed by atoms with van der Waals surface area (Å²) in [5.41, 5.74) is 3.57. The van der Waals surface area contributed by atoms with Gasteiger partial charge in [0.15, 0.2) is 0 Å². The molecule has 0 atom stereocenters. The number of hydrogen-bond acceptors (Lipinski definition) is 0. The summed E-state index contributed by atoms with van der Waals surface area (Å²) in [5.74, 6) is -0.194. The predicted octanol–water partition coefficient (Wildman–Crippen LogP) is 7.66. The molecule has 2 heteroatoms. The van der Waals surface area contributed by atoms with E-state index >= 15 is 0 Å². The SMILES string of the molecule is Cc1ccc2ccc(-c3ccc(F)cc3)cc2c1P(C(C)(C)C)C(C)(C)C. The van der Waals surface area contributed by atoms with Crippen LogP contribution in [0.2, 0.25) is 0 Å². The molecule has 0 bridgehead atoms. The molecule has 0 radical (unpaired) electrons. The van der Waals surface area contributed by atoms with Crippen molar-refractivity contribution in [1.82, 2.24) is 0 Å². The zero-order valence-corrected chi connectivity index (χ0v) is 18.4. The van der Waals surface area contributed by atoms with E-state index in [-0.39, 0.29) is 16.1 Å². The highest BCUT2D eigenvalue weighted by Crippen LogP contribution is 2.59. The van der Waals surface area contributed by atoms with Crippen LogP contribution in [-0.2, 0) is 0 Å². The van der Waals surface area contributed by atoms with Crippen molar-refractivity contribution in [3.8, 4) is 11.1 Å². The first-order valence-electron chi connectivity index (χ1n) is 9.58. The van der Waals surface area contributed by atoms with Gasteiger partial charge in [-0.25, -0.2) is 4.39 Å². The van der Waals surface area contributed by atoms with Crippen LogP contribution in [0.3, 0.4) is 0 Å². The summed E-state index contributed by atoms with van der Waals surface area (Å²) in [6, 6.07) is 17.9. The highest BCUT2D eigenvalue weighted by atomic mass is 31.1. The Bertz CT molecular complexity index is 943. The third-order valence-electron chi connectivity index (χ3n) is 4.94. The minimum Gasteiger partial charge on any atom is -0.207 e. The Morgan fingerprint density at radius 3 is 1.78 bits per heavy atom. The lowest BCUT2D eigenvalue weighted by molar-refractivity contribution is 0.628. The van der Waals surface area contributed by atoms with Gasteiger partial charge in [0.25, 0.3) is 0 Å². The molecule has 0 spiro atoms. The van der Waals surface area contributed by atoms with Gasteiger partial charge in [0.05, 0.1) is 0 Å². The van der Waals surface area contributed by atoms with E-state index in [4.69, 9.17) is 0 Å². The number of halogens is 1. The first kappa shape index (κ1) is 20.0. The van der Waals surface area contributed by atoms with Crippen molar-refractivity contribution >= 4 is 24.0 Å². The average Bonchev–Trinajstić information content (AvgIpc) is 2.55. The lowest BCUT2D eigenvalue weighted by Gasteiger charge is -2.43. The minimum absolute atomic E-state index is 0.194. The summed E-state index contributed by atoms with van der Waals surface area (Å²) < 4.78 is 13.3. The minimum atomic E-state index is -0.405. The lowest BCUT2D eigenvalue weighted by atomic mass is 10.00. The maximum atomic E-state index is 13.3. The summed E-state index contributed by atoms with van der Waals surface area (Å²) in [6.45, 7) is 16.4. The molecule has 0 aliphatic rings. The van der Waals surface area contributed by atoms with Crippen molar-refractivity contribution in [3.63, 3.8) is 0 Å². The molecule has 0 heterocycles. The van der Waals surface area contributed by atoms with Crippen LogP contribution in [0.5, 0.6) is 0 Å². The molecule has 0 aliphatic carbocycles. The van der Waals surface area contributed by atoms with Crippen LogP contribution in [0.15, 0.2) is 54.6 Å². The van der Waals surface area contributed by atoms with E-state index in [2.05, 4.69) is 78.8 Å². The van der Waals surface area contributed by atoms with Gasteiger partial charge in [0.2, 0.25) is 0 Å². The van der Waals surface area contributed by atoms with E-state index in [0.717, 1.165) is 11.1 Å². The Kier molecular flexibility index (Phi) is 5.21. The molecule has 0 unspecified atom stereocenters. The van der Waals surface area contributed by atoms with Gasteiger partial charge in [-0.3, -0.25) is 0 Å². The van der Waals surface area contributed by atoms with E-state index in [9.17, 15) is 4.39 Å². The van der Waals surface area contributed by atoms with Gasteiger partial charge < -0.3 is 0 Å². The van der Waals surface area contributed by atoms with Crippen molar-refractivity contribution in [1.29, 1.82) is 0 Å². The van der Waals surface area contributed by atoms with Gasteiger partial charge >= 0.3 is 0 Å². The maximum Gasteiger partial charge on any atom is 0.123 e. The number of fused-ring (bicyclic) bond motifs is 1. The number of aryl methyl sites for hydroxylation is 1. The van der Waals surface area contributed by atoms with Gasteiger partial charge in [0, 0.05) is 0 Å². The molecule has 0 amide bonds. The molecule has 0 fully saturated rings. The highest BCUT2D eigenvalue weighted by Gasteiger charge is 2.37. The summed E-state index contributed by atoms with van der Waals surface area (Å²) >= 11 is 0. The van der Waals surface area contributed by atoms with Gasteiger partial charge in [-0.15, -0.1) is 0 Å². The number of rotatable bonds is 2. The predicted molar refractivity (Wildman–Crippen MR) is 120 cm³/mol. The molecule has 3 aromatic carbocycles. The third-order valence-corrected chi connectivity index (χ3v) is 8.66. The van der Waals surface area contributed by atoms with Crippen LogP contribution in [-0.4, -0.2) is 10.3 Å². The first-order chi connectivity index (χ1) is 12.5. The first-order valence-corrected chi connectivity index (χ1v) is 10.9. The summed E-state index contributed by atoms with van der Waals surface area (Å²) in [6.07, 6.45) is 0. The standard InChI is InChI=1S/C25H30FP/c1-17-8-9-19-10-11-20(18-12-14-21(26)15-13-18)16-22(19)23(17)27(24(2,3)4)25(5,6)7/h8-16H,1-7H3. The molecular formula is C25H30FP. The highest BCUT2D eigenvalue weighted by molar-refractivity contribution is 7.69. The van der Waals surface area contributed by atoms with E-state index in [1.165, 1.54) is 33.8 Å². The van der Waals surface area contributed by atoms with Crippen LogP contribution < -0.4 is 5.30 Å².